The number of nitrogen functional groups attached to an aromatic ring is 1. The number of anilines is 1. The third-order valence-electron chi connectivity index (χ3n) is 1.95. The Bertz CT molecular complexity index is 310. The molecule has 0 fully saturated rings. The highest BCUT2D eigenvalue weighted by Crippen LogP contribution is 2.27. The number of ether oxygens (including phenoxy) is 1. The van der Waals surface area contributed by atoms with Crippen LogP contribution in [0.5, 0.6) is 5.75 Å². The number of benzene rings is 1. The summed E-state index contributed by atoms with van der Waals surface area (Å²) in [6.07, 6.45) is 0.872. The molecule has 0 aromatic heterocycles. The lowest BCUT2D eigenvalue weighted by Gasteiger charge is -2.10. The minimum absolute atomic E-state index is 0.182. The van der Waals surface area contributed by atoms with Crippen LogP contribution in [0.2, 0.25) is 0 Å². The van der Waals surface area contributed by atoms with Gasteiger partial charge in [-0.25, -0.2) is 0 Å². The molecule has 1 aromatic rings. The number of carbonyl (C=O) groups is 1. The highest BCUT2D eigenvalue weighted by Gasteiger charge is 2.10. The fourth-order valence-corrected chi connectivity index (χ4v) is 1.18. The van der Waals surface area contributed by atoms with E-state index in [-0.39, 0.29) is 5.92 Å². The molecule has 0 bridgehead atoms. The van der Waals surface area contributed by atoms with E-state index in [1.54, 1.807) is 25.3 Å². The first-order valence-corrected chi connectivity index (χ1v) is 4.07. The molecule has 0 aliphatic heterocycles. The van der Waals surface area contributed by atoms with E-state index in [2.05, 4.69) is 0 Å². The average molecular weight is 179 g/mol. The molecule has 0 saturated heterocycles. The Hall–Kier alpha value is -1.51. The summed E-state index contributed by atoms with van der Waals surface area (Å²) >= 11 is 0. The van der Waals surface area contributed by atoms with Crippen molar-refractivity contribution in [2.75, 3.05) is 12.8 Å². The molecule has 3 nitrogen and oxygen atoms in total. The standard InChI is InChI=1S/C10H13NO2/c1-7(6-12)9-5-8(11)3-4-10(9)13-2/h3-7H,11H2,1-2H3. The van der Waals surface area contributed by atoms with Crippen molar-refractivity contribution < 1.29 is 9.53 Å². The molecule has 2 N–H and O–H groups in total. The minimum atomic E-state index is -0.182. The number of hydrogen-bond donors (Lipinski definition) is 1. The predicted molar refractivity (Wildman–Crippen MR) is 51.9 cm³/mol. The van der Waals surface area contributed by atoms with E-state index in [4.69, 9.17) is 10.5 Å². The van der Waals surface area contributed by atoms with Crippen molar-refractivity contribution in [2.45, 2.75) is 12.8 Å². The van der Waals surface area contributed by atoms with Gasteiger partial charge in [0.1, 0.15) is 12.0 Å². The third-order valence-corrected chi connectivity index (χ3v) is 1.95. The Labute approximate surface area is 77.5 Å². The molecule has 0 amide bonds. The first-order chi connectivity index (χ1) is 6.19. The highest BCUT2D eigenvalue weighted by atomic mass is 16.5. The molecule has 0 heterocycles. The third kappa shape index (κ3) is 1.99. The summed E-state index contributed by atoms with van der Waals surface area (Å²) < 4.78 is 5.11. The van der Waals surface area contributed by atoms with Crippen molar-refractivity contribution in [1.82, 2.24) is 0 Å². The van der Waals surface area contributed by atoms with Crippen LogP contribution in [0.25, 0.3) is 0 Å². The number of aldehydes is 1. The Kier molecular flexibility index (Phi) is 2.90. The molecule has 13 heavy (non-hydrogen) atoms. The molecule has 3 heteroatoms. The van der Waals surface area contributed by atoms with Crippen LogP contribution < -0.4 is 10.5 Å². The van der Waals surface area contributed by atoms with E-state index >= 15 is 0 Å². The van der Waals surface area contributed by atoms with Gasteiger partial charge in [0.15, 0.2) is 0 Å². The molecule has 1 unspecified atom stereocenters. The average Bonchev–Trinajstić information content (AvgIpc) is 2.16. The molecular formula is C10H13NO2. The maximum atomic E-state index is 10.6. The van der Waals surface area contributed by atoms with Crippen LogP contribution in [0.15, 0.2) is 18.2 Å². The van der Waals surface area contributed by atoms with Gasteiger partial charge in [0.05, 0.1) is 7.11 Å². The van der Waals surface area contributed by atoms with Crippen molar-refractivity contribution in [3.05, 3.63) is 23.8 Å². The molecule has 0 aliphatic carbocycles. The number of rotatable bonds is 3. The number of methoxy groups -OCH3 is 1. The van der Waals surface area contributed by atoms with Gasteiger partial charge in [-0.1, -0.05) is 6.92 Å². The van der Waals surface area contributed by atoms with E-state index in [9.17, 15) is 4.79 Å². The predicted octanol–water partition coefficient (Wildman–Crippen LogP) is 1.58. The molecule has 0 aliphatic rings. The van der Waals surface area contributed by atoms with E-state index in [0.29, 0.717) is 11.4 Å². The monoisotopic (exact) mass is 179 g/mol. The van der Waals surface area contributed by atoms with E-state index < -0.39 is 0 Å². The SMILES string of the molecule is COc1ccc(N)cc1C(C)C=O. The van der Waals surface area contributed by atoms with Crippen LogP contribution in [0.4, 0.5) is 5.69 Å². The summed E-state index contributed by atoms with van der Waals surface area (Å²) in [6, 6.07) is 5.28. The molecule has 70 valence electrons. The van der Waals surface area contributed by atoms with Crippen molar-refractivity contribution in [3.8, 4) is 5.75 Å². The van der Waals surface area contributed by atoms with Crippen LogP contribution in [0.3, 0.4) is 0 Å². The van der Waals surface area contributed by atoms with Crippen LogP contribution in [0, 0.1) is 0 Å². The second-order valence-corrected chi connectivity index (χ2v) is 2.93. The fourth-order valence-electron chi connectivity index (χ4n) is 1.18. The molecule has 0 radical (unpaired) electrons. The van der Waals surface area contributed by atoms with Gasteiger partial charge in [0, 0.05) is 17.2 Å². The van der Waals surface area contributed by atoms with Gasteiger partial charge in [-0.3, -0.25) is 0 Å². The quantitative estimate of drug-likeness (QED) is 0.566. The largest absolute Gasteiger partial charge is 0.496 e. The maximum absolute atomic E-state index is 10.6. The summed E-state index contributed by atoms with van der Waals surface area (Å²) in [7, 11) is 1.58. The van der Waals surface area contributed by atoms with Gasteiger partial charge in [-0.2, -0.15) is 0 Å². The Morgan fingerprint density at radius 1 is 1.54 bits per heavy atom. The molecule has 1 atom stereocenters. The van der Waals surface area contributed by atoms with E-state index in [1.807, 2.05) is 6.92 Å². The van der Waals surface area contributed by atoms with E-state index in [0.717, 1.165) is 11.8 Å². The zero-order chi connectivity index (χ0) is 9.84. The summed E-state index contributed by atoms with van der Waals surface area (Å²) in [5, 5.41) is 0. The second-order valence-electron chi connectivity index (χ2n) is 2.93. The summed E-state index contributed by atoms with van der Waals surface area (Å²) in [5.74, 6) is 0.521. The van der Waals surface area contributed by atoms with Crippen LogP contribution >= 0.6 is 0 Å². The van der Waals surface area contributed by atoms with Gasteiger partial charge >= 0.3 is 0 Å². The molecule has 1 rings (SSSR count). The highest BCUT2D eigenvalue weighted by molar-refractivity contribution is 5.65. The van der Waals surface area contributed by atoms with Crippen molar-refractivity contribution >= 4 is 12.0 Å². The van der Waals surface area contributed by atoms with Crippen LogP contribution in [-0.4, -0.2) is 13.4 Å². The minimum Gasteiger partial charge on any atom is -0.496 e. The Morgan fingerprint density at radius 3 is 2.77 bits per heavy atom. The van der Waals surface area contributed by atoms with Gasteiger partial charge in [0.2, 0.25) is 0 Å². The lowest BCUT2D eigenvalue weighted by atomic mass is 10.0. The van der Waals surface area contributed by atoms with Crippen LogP contribution in [-0.2, 0) is 4.79 Å². The normalized spacial score (nSPS) is 12.2. The molecule has 1 aromatic carbocycles. The second kappa shape index (κ2) is 3.94. The van der Waals surface area contributed by atoms with Gasteiger partial charge in [0.25, 0.3) is 0 Å². The van der Waals surface area contributed by atoms with Gasteiger partial charge < -0.3 is 15.3 Å². The summed E-state index contributed by atoms with van der Waals surface area (Å²) in [5.41, 5.74) is 7.08. The molecule has 0 saturated carbocycles. The van der Waals surface area contributed by atoms with Crippen molar-refractivity contribution in [3.63, 3.8) is 0 Å². The number of nitrogens with two attached hydrogens (primary N) is 1. The van der Waals surface area contributed by atoms with Crippen molar-refractivity contribution in [2.24, 2.45) is 0 Å². The molecule has 0 spiro atoms. The summed E-state index contributed by atoms with van der Waals surface area (Å²) in [6.45, 7) is 1.81. The number of hydrogen-bond acceptors (Lipinski definition) is 3. The zero-order valence-corrected chi connectivity index (χ0v) is 7.78. The maximum Gasteiger partial charge on any atom is 0.127 e. The first kappa shape index (κ1) is 9.58. The van der Waals surface area contributed by atoms with Gasteiger partial charge in [-0.15, -0.1) is 0 Å². The first-order valence-electron chi connectivity index (χ1n) is 4.07. The Balaban J connectivity index is 3.14. The Morgan fingerprint density at radius 2 is 2.23 bits per heavy atom. The zero-order valence-electron chi connectivity index (χ0n) is 7.78. The van der Waals surface area contributed by atoms with Crippen LogP contribution in [0.1, 0.15) is 18.4 Å². The van der Waals surface area contributed by atoms with Crippen molar-refractivity contribution in [1.29, 1.82) is 0 Å². The van der Waals surface area contributed by atoms with Gasteiger partial charge in [-0.05, 0) is 18.2 Å². The summed E-state index contributed by atoms with van der Waals surface area (Å²) in [4.78, 5) is 10.6. The lowest BCUT2D eigenvalue weighted by Crippen LogP contribution is -1.99. The fraction of sp³-hybridized carbons (Fsp3) is 0.300. The molecular weight excluding hydrogens is 166 g/mol. The smallest absolute Gasteiger partial charge is 0.127 e. The van der Waals surface area contributed by atoms with E-state index in [1.165, 1.54) is 0 Å². The topological polar surface area (TPSA) is 52.3 Å². The number of carbonyl (C=O) groups excluding carboxylic acids is 1. The lowest BCUT2D eigenvalue weighted by molar-refractivity contribution is -0.108.